The van der Waals surface area contributed by atoms with Crippen molar-refractivity contribution in [2.75, 3.05) is 46.6 Å². The SMILES string of the molecule is C[N+](C)(C)CCOP(=O)(O)OP(=O)(O)O.Nc1ccn([C@H]2CC[C@@H](CO)O2)c(=O)n1. The van der Waals surface area contributed by atoms with E-state index in [1.165, 1.54) is 4.57 Å². The number of rotatable bonds is 8. The van der Waals surface area contributed by atoms with Crippen LogP contribution in [-0.4, -0.2) is 80.8 Å². The molecule has 3 atom stereocenters. The van der Waals surface area contributed by atoms with Gasteiger partial charge in [0.25, 0.3) is 0 Å². The van der Waals surface area contributed by atoms with Gasteiger partial charge in [-0.3, -0.25) is 9.09 Å². The molecule has 0 bridgehead atoms. The molecule has 1 fully saturated rings. The maximum atomic E-state index is 11.5. The van der Waals surface area contributed by atoms with E-state index in [1.54, 1.807) is 12.3 Å². The molecule has 1 aliphatic heterocycles. The number of likely N-dealkylation sites (N-methyl/N-ethyl adjacent to an activating group) is 1. The first-order chi connectivity index (χ1) is 13.6. The molecule has 1 aromatic heterocycles. The van der Waals surface area contributed by atoms with Gasteiger partial charge in [0.1, 0.15) is 25.2 Å². The summed E-state index contributed by atoms with van der Waals surface area (Å²) in [6.45, 7) is 0.236. The summed E-state index contributed by atoms with van der Waals surface area (Å²) in [5.74, 6) is 0.202. The molecule has 16 heteroatoms. The van der Waals surface area contributed by atoms with E-state index in [0.29, 0.717) is 17.4 Å². The second-order valence-corrected chi connectivity index (χ2v) is 10.2. The summed E-state index contributed by atoms with van der Waals surface area (Å²) in [5.41, 5.74) is 4.96. The molecule has 174 valence electrons. The zero-order chi connectivity index (χ0) is 23.2. The van der Waals surface area contributed by atoms with Crippen LogP contribution in [0.4, 0.5) is 5.82 Å². The Labute approximate surface area is 173 Å². The molecule has 0 spiro atoms. The largest absolute Gasteiger partial charge is 0.481 e. The van der Waals surface area contributed by atoms with Gasteiger partial charge in [-0.1, -0.05) is 0 Å². The molecule has 0 radical (unpaired) electrons. The van der Waals surface area contributed by atoms with Crippen LogP contribution in [0.5, 0.6) is 0 Å². The third-order valence-corrected chi connectivity index (χ3v) is 5.86. The Balaban J connectivity index is 0.000000300. The standard InChI is InChI=1S/C9H13N3O3.C5H15NO7P2/c10-7-3-4-12(9(14)11-7)8-2-1-6(5-13)15-8;1-6(2,3)4-5-12-15(10,11)13-14(7,8)9/h3-4,6,8,13H,1-2,5H2,(H2,10,11,14);4-5H2,1-3H3,(H2-,7,8,9,10,11)/p+1/t6-,8+;/m0./s1. The Morgan fingerprint density at radius 2 is 1.93 bits per heavy atom. The van der Waals surface area contributed by atoms with Crippen molar-refractivity contribution < 1.29 is 47.0 Å². The number of aliphatic hydroxyl groups is 1. The average Bonchev–Trinajstić information content (AvgIpc) is 3.00. The van der Waals surface area contributed by atoms with Gasteiger partial charge < -0.3 is 34.7 Å². The first kappa shape index (κ1) is 26.9. The van der Waals surface area contributed by atoms with Crippen molar-refractivity contribution in [3.05, 3.63) is 22.7 Å². The summed E-state index contributed by atoms with van der Waals surface area (Å²) in [5, 5.41) is 8.90. The molecule has 1 saturated heterocycles. The third kappa shape index (κ3) is 10.7. The van der Waals surface area contributed by atoms with Gasteiger partial charge in [0.2, 0.25) is 0 Å². The van der Waals surface area contributed by atoms with E-state index >= 15 is 0 Å². The molecule has 0 aromatic carbocycles. The maximum Gasteiger partial charge on any atom is 0.481 e. The number of anilines is 1. The lowest BCUT2D eigenvalue weighted by molar-refractivity contribution is -0.870. The van der Waals surface area contributed by atoms with Crippen LogP contribution in [0.3, 0.4) is 0 Å². The first-order valence-corrected chi connectivity index (χ1v) is 11.8. The van der Waals surface area contributed by atoms with E-state index in [-0.39, 0.29) is 31.4 Å². The van der Waals surface area contributed by atoms with Crippen LogP contribution in [0.25, 0.3) is 0 Å². The minimum atomic E-state index is -5.01. The zero-order valence-corrected chi connectivity index (χ0v) is 18.7. The smallest absolute Gasteiger partial charge is 0.394 e. The van der Waals surface area contributed by atoms with Crippen molar-refractivity contribution in [3.63, 3.8) is 0 Å². The predicted octanol–water partition coefficient (Wildman–Crippen LogP) is -0.586. The molecule has 2 heterocycles. The highest BCUT2D eigenvalue weighted by Gasteiger charge is 2.32. The molecule has 6 N–H and O–H groups in total. The van der Waals surface area contributed by atoms with E-state index in [2.05, 4.69) is 13.8 Å². The van der Waals surface area contributed by atoms with Crippen molar-refractivity contribution >= 4 is 21.5 Å². The number of aromatic nitrogens is 2. The number of nitrogens with two attached hydrogens (primary N) is 1. The Morgan fingerprint density at radius 1 is 1.30 bits per heavy atom. The summed E-state index contributed by atoms with van der Waals surface area (Å²) in [4.78, 5) is 40.5. The Bertz CT molecular complexity index is 837. The molecule has 0 saturated carbocycles. The molecular formula is C14H29N4O10P2+. The van der Waals surface area contributed by atoms with Gasteiger partial charge in [0.05, 0.1) is 33.9 Å². The van der Waals surface area contributed by atoms with Crippen LogP contribution in [0.1, 0.15) is 19.1 Å². The van der Waals surface area contributed by atoms with Gasteiger partial charge in [-0.15, -0.1) is 0 Å². The van der Waals surface area contributed by atoms with E-state index < -0.39 is 21.3 Å². The lowest BCUT2D eigenvalue weighted by atomic mass is 10.2. The minimum Gasteiger partial charge on any atom is -0.394 e. The molecule has 1 unspecified atom stereocenters. The highest BCUT2D eigenvalue weighted by Crippen LogP contribution is 2.57. The molecule has 1 aliphatic rings. The topological polar surface area (TPSA) is 204 Å². The number of phosphoric ester groups is 1. The number of phosphoric acid groups is 2. The normalized spacial score (nSPS) is 21.6. The number of aliphatic hydroxyl groups excluding tert-OH is 1. The van der Waals surface area contributed by atoms with Gasteiger partial charge in [-0.25, -0.2) is 13.9 Å². The maximum absolute atomic E-state index is 11.5. The number of hydrogen-bond donors (Lipinski definition) is 5. The molecule has 0 aliphatic carbocycles. The fourth-order valence-corrected chi connectivity index (χ4v) is 3.83. The van der Waals surface area contributed by atoms with Crippen molar-refractivity contribution in [2.45, 2.75) is 25.2 Å². The molecule has 2 rings (SSSR count). The van der Waals surface area contributed by atoms with Crippen LogP contribution in [-0.2, 0) is 22.7 Å². The second kappa shape index (κ2) is 10.9. The van der Waals surface area contributed by atoms with E-state index in [0.717, 1.165) is 6.42 Å². The molecule has 0 amide bonds. The highest BCUT2D eigenvalue weighted by molar-refractivity contribution is 7.60. The third-order valence-electron chi connectivity index (χ3n) is 3.68. The average molecular weight is 475 g/mol. The number of ether oxygens (including phenoxy) is 1. The van der Waals surface area contributed by atoms with Crippen molar-refractivity contribution in [1.82, 2.24) is 9.55 Å². The van der Waals surface area contributed by atoms with Gasteiger partial charge in [0, 0.05) is 6.20 Å². The Kier molecular flexibility index (Phi) is 9.77. The first-order valence-electron chi connectivity index (χ1n) is 8.77. The number of quaternary nitrogens is 1. The number of nitrogen functional groups attached to an aromatic ring is 1. The van der Waals surface area contributed by atoms with Crippen LogP contribution < -0.4 is 11.4 Å². The fourth-order valence-electron chi connectivity index (χ4n) is 2.26. The van der Waals surface area contributed by atoms with E-state index in [4.69, 9.17) is 30.3 Å². The Hall–Kier alpha value is -1.18. The highest BCUT2D eigenvalue weighted by atomic mass is 31.3. The number of hydrogen-bond acceptors (Lipinski definition) is 9. The van der Waals surface area contributed by atoms with Crippen LogP contribution in [0.2, 0.25) is 0 Å². The monoisotopic (exact) mass is 475 g/mol. The van der Waals surface area contributed by atoms with Gasteiger partial charge >= 0.3 is 21.3 Å². The predicted molar refractivity (Wildman–Crippen MR) is 105 cm³/mol. The quantitative estimate of drug-likeness (QED) is 0.237. The van der Waals surface area contributed by atoms with Gasteiger partial charge in [-0.05, 0) is 18.9 Å². The molecule has 1 aromatic rings. The summed E-state index contributed by atoms with van der Waals surface area (Å²) in [6.07, 6.45) is 2.51. The molecule has 30 heavy (non-hydrogen) atoms. The fraction of sp³-hybridized carbons (Fsp3) is 0.714. The van der Waals surface area contributed by atoms with Crippen molar-refractivity contribution in [2.24, 2.45) is 0 Å². The van der Waals surface area contributed by atoms with Crippen molar-refractivity contribution in [1.29, 1.82) is 0 Å². The number of nitrogens with zero attached hydrogens (tertiary/aromatic N) is 3. The lowest BCUT2D eigenvalue weighted by Crippen LogP contribution is -2.37. The summed E-state index contributed by atoms with van der Waals surface area (Å²) < 4.78 is 36.5. The van der Waals surface area contributed by atoms with Crippen molar-refractivity contribution in [3.8, 4) is 0 Å². The van der Waals surface area contributed by atoms with Gasteiger partial charge in [-0.2, -0.15) is 9.29 Å². The van der Waals surface area contributed by atoms with Crippen LogP contribution in [0.15, 0.2) is 17.1 Å². The van der Waals surface area contributed by atoms with Crippen LogP contribution >= 0.6 is 15.6 Å². The lowest BCUT2D eigenvalue weighted by Gasteiger charge is -2.23. The summed E-state index contributed by atoms with van der Waals surface area (Å²) in [6, 6.07) is 1.55. The minimum absolute atomic E-state index is 0.0202. The molecule has 14 nitrogen and oxygen atoms in total. The van der Waals surface area contributed by atoms with Gasteiger partial charge in [0.15, 0.2) is 0 Å². The van der Waals surface area contributed by atoms with E-state index in [1.807, 2.05) is 21.1 Å². The summed E-state index contributed by atoms with van der Waals surface area (Å²) in [7, 11) is -4.20. The summed E-state index contributed by atoms with van der Waals surface area (Å²) >= 11 is 0. The zero-order valence-electron chi connectivity index (χ0n) is 16.9. The molecular weight excluding hydrogens is 446 g/mol. The second-order valence-electron chi connectivity index (χ2n) is 7.40. The van der Waals surface area contributed by atoms with E-state index in [9.17, 15) is 13.9 Å². The Morgan fingerprint density at radius 3 is 2.40 bits per heavy atom. The van der Waals surface area contributed by atoms with Crippen LogP contribution in [0, 0.1) is 0 Å².